The van der Waals surface area contributed by atoms with Crippen LogP contribution in [-0.4, -0.2) is 13.2 Å². The highest BCUT2D eigenvalue weighted by Gasteiger charge is 2.14. The van der Waals surface area contributed by atoms with Gasteiger partial charge in [0.05, 0.1) is 12.5 Å². The quantitative estimate of drug-likeness (QED) is 0.814. The molecule has 0 aliphatic rings. The van der Waals surface area contributed by atoms with Crippen LogP contribution in [0, 0.1) is 6.92 Å². The first-order chi connectivity index (χ1) is 9.97. The van der Waals surface area contributed by atoms with Gasteiger partial charge in [-0.15, -0.1) is 0 Å². The van der Waals surface area contributed by atoms with Gasteiger partial charge >= 0.3 is 0 Å². The lowest BCUT2D eigenvalue weighted by Crippen LogP contribution is -2.20. The fourth-order valence-electron chi connectivity index (χ4n) is 2.14. The molecule has 1 N–H and O–H groups in total. The Morgan fingerprint density at radius 3 is 2.62 bits per heavy atom. The van der Waals surface area contributed by atoms with Crippen molar-refractivity contribution in [1.29, 1.82) is 0 Å². The number of benzene rings is 1. The van der Waals surface area contributed by atoms with Gasteiger partial charge < -0.3 is 14.5 Å². The number of rotatable bonds is 6. The SMILES string of the molecule is Cc1cc(C(C)(C)C)ccc1OCCNCc1ccoc1. The predicted molar refractivity (Wildman–Crippen MR) is 85.8 cm³/mol. The maximum atomic E-state index is 5.84. The van der Waals surface area contributed by atoms with Crippen molar-refractivity contribution in [3.05, 3.63) is 53.5 Å². The van der Waals surface area contributed by atoms with Crippen LogP contribution in [0.2, 0.25) is 0 Å². The van der Waals surface area contributed by atoms with Crippen molar-refractivity contribution in [2.24, 2.45) is 0 Å². The number of ether oxygens (including phenoxy) is 1. The van der Waals surface area contributed by atoms with Gasteiger partial charge in [-0.1, -0.05) is 32.9 Å². The third-order valence-electron chi connectivity index (χ3n) is 3.49. The first kappa shape index (κ1) is 15.6. The van der Waals surface area contributed by atoms with Crippen LogP contribution in [0.4, 0.5) is 0 Å². The summed E-state index contributed by atoms with van der Waals surface area (Å²) in [6.45, 7) is 11.1. The third kappa shape index (κ3) is 4.64. The normalized spacial score (nSPS) is 11.6. The van der Waals surface area contributed by atoms with E-state index in [-0.39, 0.29) is 5.41 Å². The standard InChI is InChI=1S/C18H25NO2/c1-14-11-16(18(2,3)4)5-6-17(14)21-10-8-19-12-15-7-9-20-13-15/h5-7,9,11,13,19H,8,10,12H2,1-4H3. The monoisotopic (exact) mass is 287 g/mol. The van der Waals surface area contributed by atoms with Crippen molar-refractivity contribution in [3.8, 4) is 5.75 Å². The molecular weight excluding hydrogens is 262 g/mol. The fourth-order valence-corrected chi connectivity index (χ4v) is 2.14. The van der Waals surface area contributed by atoms with Gasteiger partial charge in [0.1, 0.15) is 12.4 Å². The predicted octanol–water partition coefficient (Wildman–Crippen LogP) is 4.05. The summed E-state index contributed by atoms with van der Waals surface area (Å²) in [4.78, 5) is 0. The number of hydrogen-bond donors (Lipinski definition) is 1. The molecular formula is C18H25NO2. The van der Waals surface area contributed by atoms with Gasteiger partial charge in [-0.05, 0) is 35.6 Å². The second kappa shape index (κ2) is 6.81. The molecule has 0 spiro atoms. The zero-order chi connectivity index (χ0) is 15.3. The molecule has 3 nitrogen and oxygen atoms in total. The van der Waals surface area contributed by atoms with Crippen LogP contribution < -0.4 is 10.1 Å². The van der Waals surface area contributed by atoms with Crippen LogP contribution in [-0.2, 0) is 12.0 Å². The second-order valence-corrected chi connectivity index (χ2v) is 6.39. The van der Waals surface area contributed by atoms with Crippen molar-refractivity contribution in [3.63, 3.8) is 0 Å². The highest BCUT2D eigenvalue weighted by Crippen LogP contribution is 2.27. The van der Waals surface area contributed by atoms with Crippen LogP contribution in [0.3, 0.4) is 0 Å². The molecule has 0 fully saturated rings. The second-order valence-electron chi connectivity index (χ2n) is 6.39. The maximum absolute atomic E-state index is 5.84. The van der Waals surface area contributed by atoms with E-state index in [1.807, 2.05) is 6.07 Å². The lowest BCUT2D eigenvalue weighted by Gasteiger charge is -2.20. The maximum Gasteiger partial charge on any atom is 0.122 e. The van der Waals surface area contributed by atoms with Crippen LogP contribution in [0.25, 0.3) is 0 Å². The Morgan fingerprint density at radius 2 is 2.00 bits per heavy atom. The van der Waals surface area contributed by atoms with Crippen LogP contribution >= 0.6 is 0 Å². The van der Waals surface area contributed by atoms with E-state index in [1.54, 1.807) is 12.5 Å². The summed E-state index contributed by atoms with van der Waals surface area (Å²) >= 11 is 0. The topological polar surface area (TPSA) is 34.4 Å². The lowest BCUT2D eigenvalue weighted by molar-refractivity contribution is 0.311. The molecule has 3 heteroatoms. The highest BCUT2D eigenvalue weighted by atomic mass is 16.5. The zero-order valence-corrected chi connectivity index (χ0v) is 13.4. The molecule has 0 aliphatic carbocycles. The number of furan rings is 1. The first-order valence-corrected chi connectivity index (χ1v) is 7.42. The smallest absolute Gasteiger partial charge is 0.122 e. The largest absolute Gasteiger partial charge is 0.492 e. The van der Waals surface area contributed by atoms with Crippen molar-refractivity contribution < 1.29 is 9.15 Å². The molecule has 0 saturated heterocycles. The number of aryl methyl sites for hydroxylation is 1. The van der Waals surface area contributed by atoms with Crippen LogP contribution in [0.1, 0.15) is 37.5 Å². The van der Waals surface area contributed by atoms with Crippen molar-refractivity contribution in [2.75, 3.05) is 13.2 Å². The summed E-state index contributed by atoms with van der Waals surface area (Å²) in [6, 6.07) is 8.41. The fraction of sp³-hybridized carbons (Fsp3) is 0.444. The molecule has 0 radical (unpaired) electrons. The molecule has 0 unspecified atom stereocenters. The van der Waals surface area contributed by atoms with E-state index in [0.29, 0.717) is 6.61 Å². The molecule has 21 heavy (non-hydrogen) atoms. The average molecular weight is 287 g/mol. The van der Waals surface area contributed by atoms with Gasteiger partial charge in [-0.3, -0.25) is 0 Å². The van der Waals surface area contributed by atoms with Crippen LogP contribution in [0.5, 0.6) is 5.75 Å². The Kier molecular flexibility index (Phi) is 5.07. The molecule has 1 aromatic carbocycles. The number of hydrogen-bond acceptors (Lipinski definition) is 3. The van der Waals surface area contributed by atoms with Gasteiger partial charge in [0, 0.05) is 18.7 Å². The van der Waals surface area contributed by atoms with Gasteiger partial charge in [0.25, 0.3) is 0 Å². The van der Waals surface area contributed by atoms with E-state index in [0.717, 1.165) is 24.4 Å². The van der Waals surface area contributed by atoms with E-state index >= 15 is 0 Å². The molecule has 0 bridgehead atoms. The summed E-state index contributed by atoms with van der Waals surface area (Å²) < 4.78 is 10.9. The summed E-state index contributed by atoms with van der Waals surface area (Å²) in [5.41, 5.74) is 3.86. The summed E-state index contributed by atoms with van der Waals surface area (Å²) in [5, 5.41) is 3.33. The van der Waals surface area contributed by atoms with Gasteiger partial charge in [0.15, 0.2) is 0 Å². The van der Waals surface area contributed by atoms with E-state index in [2.05, 4.69) is 51.2 Å². The Labute approximate surface area is 127 Å². The molecule has 2 aromatic rings. The molecule has 0 aliphatic heterocycles. The third-order valence-corrected chi connectivity index (χ3v) is 3.49. The minimum atomic E-state index is 0.176. The van der Waals surface area contributed by atoms with E-state index in [9.17, 15) is 0 Å². The van der Waals surface area contributed by atoms with Gasteiger partial charge in [0.2, 0.25) is 0 Å². The van der Waals surface area contributed by atoms with Gasteiger partial charge in [-0.25, -0.2) is 0 Å². The number of nitrogens with one attached hydrogen (secondary N) is 1. The first-order valence-electron chi connectivity index (χ1n) is 7.42. The Balaban J connectivity index is 1.78. The Morgan fingerprint density at radius 1 is 1.19 bits per heavy atom. The molecule has 0 amide bonds. The molecule has 1 aromatic heterocycles. The Hall–Kier alpha value is -1.74. The molecule has 114 valence electrons. The van der Waals surface area contributed by atoms with Crippen molar-refractivity contribution in [1.82, 2.24) is 5.32 Å². The molecule has 2 rings (SSSR count). The summed E-state index contributed by atoms with van der Waals surface area (Å²) in [7, 11) is 0. The van der Waals surface area contributed by atoms with Gasteiger partial charge in [-0.2, -0.15) is 0 Å². The highest BCUT2D eigenvalue weighted by molar-refractivity contribution is 5.38. The lowest BCUT2D eigenvalue weighted by atomic mass is 9.86. The van der Waals surface area contributed by atoms with Crippen LogP contribution in [0.15, 0.2) is 41.2 Å². The minimum Gasteiger partial charge on any atom is -0.492 e. The summed E-state index contributed by atoms with van der Waals surface area (Å²) in [5.74, 6) is 0.966. The van der Waals surface area contributed by atoms with Crippen molar-refractivity contribution >= 4 is 0 Å². The zero-order valence-electron chi connectivity index (χ0n) is 13.4. The van der Waals surface area contributed by atoms with Crippen molar-refractivity contribution in [2.45, 2.75) is 39.7 Å². The van der Waals surface area contributed by atoms with E-state index < -0.39 is 0 Å². The van der Waals surface area contributed by atoms with E-state index in [1.165, 1.54) is 11.1 Å². The molecule has 0 saturated carbocycles. The minimum absolute atomic E-state index is 0.176. The molecule has 0 atom stereocenters. The average Bonchev–Trinajstić information content (AvgIpc) is 2.92. The van der Waals surface area contributed by atoms with E-state index in [4.69, 9.17) is 9.15 Å². The Bertz CT molecular complexity index is 553. The molecule has 1 heterocycles. The summed E-state index contributed by atoms with van der Waals surface area (Å²) in [6.07, 6.45) is 3.44.